The first-order valence-corrected chi connectivity index (χ1v) is 8.86. The van der Waals surface area contributed by atoms with E-state index in [0.29, 0.717) is 0 Å². The molecule has 0 aromatic heterocycles. The molecule has 0 radical (unpaired) electrons. The third-order valence-electron chi connectivity index (χ3n) is 3.51. The summed E-state index contributed by atoms with van der Waals surface area (Å²) in [5.41, 5.74) is 6.04. The maximum Gasteiger partial charge on any atom is 0.299 e. The van der Waals surface area contributed by atoms with E-state index < -0.39 is 14.1 Å². The molecule has 0 unspecified atom stereocenters. The number of benzene rings is 2. The smallest absolute Gasteiger partial charge is 0.107 e. The van der Waals surface area contributed by atoms with E-state index in [0.717, 1.165) is 6.42 Å². The first-order valence-electron chi connectivity index (χ1n) is 5.97. The predicted octanol–water partition coefficient (Wildman–Crippen LogP) is 3.22. The van der Waals surface area contributed by atoms with Gasteiger partial charge in [-0.2, -0.15) is 0 Å². The van der Waals surface area contributed by atoms with Crippen LogP contribution in [0.4, 0.5) is 0 Å². The van der Waals surface area contributed by atoms with Gasteiger partial charge in [0.2, 0.25) is 0 Å². The Labute approximate surface area is 101 Å². The fourth-order valence-corrected chi connectivity index (χ4v) is 4.17. The zero-order valence-corrected chi connectivity index (χ0v) is 11.0. The molecule has 2 aromatic rings. The molecule has 0 saturated carbocycles. The molecular formula is C15H15Al. The van der Waals surface area contributed by atoms with Crippen molar-refractivity contribution in [3.63, 3.8) is 0 Å². The Balaban J connectivity index is 2.24. The molecule has 0 saturated heterocycles. The molecule has 0 heterocycles. The van der Waals surface area contributed by atoms with Gasteiger partial charge in [-0.05, 0) is 28.7 Å². The van der Waals surface area contributed by atoms with Crippen LogP contribution in [-0.4, -0.2) is 14.1 Å². The van der Waals surface area contributed by atoms with E-state index in [-0.39, 0.29) is 0 Å². The van der Waals surface area contributed by atoms with E-state index in [1.54, 1.807) is 9.99 Å². The van der Waals surface area contributed by atoms with Crippen molar-refractivity contribution in [3.05, 3.63) is 53.6 Å². The summed E-state index contributed by atoms with van der Waals surface area (Å²) >= 11 is -0.705. The topological polar surface area (TPSA) is 0 Å². The van der Waals surface area contributed by atoms with E-state index >= 15 is 0 Å². The van der Waals surface area contributed by atoms with Crippen molar-refractivity contribution in [3.8, 4) is 11.1 Å². The number of hydrogen-bond donors (Lipinski definition) is 0. The van der Waals surface area contributed by atoms with Crippen LogP contribution in [0.15, 0.2) is 42.5 Å². The normalized spacial score (nSPS) is 12.1. The highest BCUT2D eigenvalue weighted by atomic mass is 27.2. The Bertz CT molecular complexity index is 541. The van der Waals surface area contributed by atoms with Crippen LogP contribution in [0.1, 0.15) is 11.1 Å². The third-order valence-corrected chi connectivity index (χ3v) is 5.29. The molecule has 78 valence electrons. The first kappa shape index (κ1) is 10.1. The van der Waals surface area contributed by atoms with Gasteiger partial charge in [-0.1, -0.05) is 42.5 Å². The predicted molar refractivity (Wildman–Crippen MR) is 71.8 cm³/mol. The van der Waals surface area contributed by atoms with Gasteiger partial charge in [0.25, 0.3) is 14.1 Å². The van der Waals surface area contributed by atoms with Gasteiger partial charge in [0, 0.05) is 0 Å². The van der Waals surface area contributed by atoms with Gasteiger partial charge in [0.05, 0.1) is 0 Å². The zero-order valence-electron chi connectivity index (χ0n) is 9.83. The molecule has 1 aliphatic carbocycles. The highest BCUT2D eigenvalue weighted by Crippen LogP contribution is 2.35. The van der Waals surface area contributed by atoms with Crippen molar-refractivity contribution in [2.24, 2.45) is 0 Å². The van der Waals surface area contributed by atoms with Crippen LogP contribution in [-0.2, 0) is 6.42 Å². The minimum atomic E-state index is -0.705. The molecule has 0 aliphatic heterocycles. The van der Waals surface area contributed by atoms with Crippen molar-refractivity contribution < 1.29 is 0 Å². The van der Waals surface area contributed by atoms with Crippen LogP contribution in [0.2, 0.25) is 11.6 Å². The Morgan fingerprint density at radius 1 is 0.875 bits per heavy atom. The molecule has 0 atom stereocenters. The standard InChI is InChI=1S/C13H9.2CH3.Al/c1-3-7-12-10(5-1)9-11-6-2-4-8-13(11)12;;;/h1-5,7-8H,9H2;2*1H3;. The van der Waals surface area contributed by atoms with Crippen LogP contribution in [0.5, 0.6) is 0 Å². The summed E-state index contributed by atoms with van der Waals surface area (Å²) in [6.45, 7) is 0. The van der Waals surface area contributed by atoms with Crippen LogP contribution < -0.4 is 4.43 Å². The highest BCUT2D eigenvalue weighted by molar-refractivity contribution is 6.71. The monoisotopic (exact) mass is 222 g/mol. The maximum absolute atomic E-state index is 2.42. The average molecular weight is 222 g/mol. The summed E-state index contributed by atoms with van der Waals surface area (Å²) < 4.78 is 1.65. The van der Waals surface area contributed by atoms with Crippen LogP contribution in [0.25, 0.3) is 11.1 Å². The summed E-state index contributed by atoms with van der Waals surface area (Å²) in [5, 5.41) is 0. The lowest BCUT2D eigenvalue weighted by Crippen LogP contribution is -2.26. The summed E-state index contributed by atoms with van der Waals surface area (Å²) in [6, 6.07) is 15.7. The van der Waals surface area contributed by atoms with E-state index in [1.807, 2.05) is 0 Å². The van der Waals surface area contributed by atoms with Gasteiger partial charge in [-0.15, -0.1) is 16.0 Å². The second-order valence-corrected chi connectivity index (χ2v) is 7.79. The number of hydrogen-bond acceptors (Lipinski definition) is 0. The fourth-order valence-electron chi connectivity index (χ4n) is 2.72. The average Bonchev–Trinajstić information content (AvgIpc) is 2.67. The lowest BCUT2D eigenvalue weighted by molar-refractivity contribution is 1.28. The van der Waals surface area contributed by atoms with Gasteiger partial charge in [0.15, 0.2) is 0 Å². The minimum absolute atomic E-state index is 0.705. The van der Waals surface area contributed by atoms with Crippen molar-refractivity contribution in [2.45, 2.75) is 18.0 Å². The Kier molecular flexibility index (Phi) is 2.39. The van der Waals surface area contributed by atoms with E-state index in [9.17, 15) is 0 Å². The second-order valence-electron chi connectivity index (χ2n) is 4.86. The Morgan fingerprint density at radius 3 is 2.44 bits per heavy atom. The largest absolute Gasteiger partial charge is 0.299 e. The molecule has 0 fully saturated rings. The molecule has 0 nitrogen and oxygen atoms in total. The molecule has 2 aromatic carbocycles. The summed E-state index contributed by atoms with van der Waals surface area (Å²) in [6.07, 6.45) is 1.15. The molecule has 3 rings (SSSR count). The number of rotatable bonds is 1. The fraction of sp³-hybridized carbons (Fsp3) is 0.200. The van der Waals surface area contributed by atoms with Gasteiger partial charge >= 0.3 is 0 Å². The molecule has 0 N–H and O–H groups in total. The van der Waals surface area contributed by atoms with Crippen molar-refractivity contribution in [1.82, 2.24) is 0 Å². The third kappa shape index (κ3) is 1.44. The minimum Gasteiger partial charge on any atom is -0.107 e. The Morgan fingerprint density at radius 2 is 1.62 bits per heavy atom. The molecular weight excluding hydrogens is 207 g/mol. The second kappa shape index (κ2) is 3.77. The van der Waals surface area contributed by atoms with Crippen LogP contribution in [0.3, 0.4) is 0 Å². The van der Waals surface area contributed by atoms with E-state index in [4.69, 9.17) is 0 Å². The molecule has 0 spiro atoms. The van der Waals surface area contributed by atoms with Crippen molar-refractivity contribution in [1.29, 1.82) is 0 Å². The lowest BCUT2D eigenvalue weighted by atomic mass is 10.1. The quantitative estimate of drug-likeness (QED) is 0.554. The summed E-state index contributed by atoms with van der Waals surface area (Å²) in [4.78, 5) is 0. The van der Waals surface area contributed by atoms with Gasteiger partial charge in [-0.25, -0.2) is 0 Å². The SMILES string of the molecule is [CH3][Al]([CH3])[c]1cccc2c1Cc1ccccc1-2. The van der Waals surface area contributed by atoms with Gasteiger partial charge in [-0.3, -0.25) is 0 Å². The van der Waals surface area contributed by atoms with Gasteiger partial charge < -0.3 is 0 Å². The molecule has 1 aliphatic rings. The summed E-state index contributed by atoms with van der Waals surface area (Å²) in [7, 11) is 0. The highest BCUT2D eigenvalue weighted by Gasteiger charge is 2.22. The maximum atomic E-state index is 2.42. The summed E-state index contributed by atoms with van der Waals surface area (Å²) in [5.74, 6) is 4.83. The van der Waals surface area contributed by atoms with Crippen molar-refractivity contribution >= 4 is 18.6 Å². The molecule has 16 heavy (non-hydrogen) atoms. The van der Waals surface area contributed by atoms with Crippen LogP contribution >= 0.6 is 0 Å². The zero-order chi connectivity index (χ0) is 11.1. The first-order chi connectivity index (χ1) is 7.77. The molecule has 1 heteroatoms. The van der Waals surface area contributed by atoms with Gasteiger partial charge in [0.1, 0.15) is 0 Å². The number of fused-ring (bicyclic) bond motifs is 3. The Hall–Kier alpha value is -1.03. The lowest BCUT2D eigenvalue weighted by Gasteiger charge is -2.08. The van der Waals surface area contributed by atoms with E-state index in [1.165, 1.54) is 16.7 Å². The molecule has 0 amide bonds. The van der Waals surface area contributed by atoms with E-state index in [2.05, 4.69) is 54.0 Å². The molecule has 0 bridgehead atoms. The van der Waals surface area contributed by atoms with Crippen LogP contribution in [0, 0.1) is 0 Å². The van der Waals surface area contributed by atoms with Crippen molar-refractivity contribution in [2.75, 3.05) is 0 Å².